The van der Waals surface area contributed by atoms with Crippen molar-refractivity contribution >= 4 is 29.1 Å². The largest absolute Gasteiger partial charge is 0.495 e. The third-order valence-corrected chi connectivity index (χ3v) is 4.57. The van der Waals surface area contributed by atoms with Crippen LogP contribution in [0.15, 0.2) is 67.0 Å². The number of rotatable bonds is 7. The third-order valence-electron chi connectivity index (χ3n) is 4.33. The molecule has 0 radical (unpaired) electrons. The molecule has 7 nitrogen and oxygen atoms in total. The number of ether oxygens (including phenoxy) is 1. The number of carbonyl (C=O) groups is 2. The van der Waals surface area contributed by atoms with Gasteiger partial charge in [-0.1, -0.05) is 41.9 Å². The van der Waals surface area contributed by atoms with Crippen LogP contribution in [0.4, 0.5) is 5.69 Å². The molecule has 1 N–H and O–H groups in total. The number of nitrogens with one attached hydrogen (secondary N) is 1. The first-order chi connectivity index (χ1) is 14.0. The second-order valence-corrected chi connectivity index (χ2v) is 6.82. The van der Waals surface area contributed by atoms with Crippen LogP contribution in [0.1, 0.15) is 11.6 Å². The molecule has 1 aromatic heterocycles. The molecular formula is C21H21ClN4O3. The summed E-state index contributed by atoms with van der Waals surface area (Å²) in [5, 5.41) is 7.42. The maximum Gasteiger partial charge on any atom is 0.252 e. The highest BCUT2D eigenvalue weighted by Gasteiger charge is 2.27. The molecule has 1 heterocycles. The van der Waals surface area contributed by atoms with Gasteiger partial charge in [0.25, 0.3) is 5.91 Å². The number of carbonyl (C=O) groups excluding carboxylic acids is 2. The molecule has 1 atom stereocenters. The minimum atomic E-state index is -0.662. The lowest BCUT2D eigenvalue weighted by atomic mass is 10.1. The number of nitrogens with zero attached hydrogens (tertiary/aromatic N) is 3. The Labute approximate surface area is 173 Å². The Bertz CT molecular complexity index is 977. The van der Waals surface area contributed by atoms with Crippen molar-refractivity contribution in [3.05, 3.63) is 77.6 Å². The second-order valence-electron chi connectivity index (χ2n) is 6.39. The average molecular weight is 413 g/mol. The van der Waals surface area contributed by atoms with E-state index in [1.165, 1.54) is 12.0 Å². The van der Waals surface area contributed by atoms with Crippen LogP contribution in [0.3, 0.4) is 0 Å². The smallest absolute Gasteiger partial charge is 0.252 e. The molecule has 0 spiro atoms. The first kappa shape index (κ1) is 20.4. The van der Waals surface area contributed by atoms with Crippen LogP contribution < -0.4 is 10.1 Å². The van der Waals surface area contributed by atoms with E-state index in [9.17, 15) is 9.59 Å². The Balaban J connectivity index is 1.75. The molecule has 1 unspecified atom stereocenters. The van der Waals surface area contributed by atoms with Gasteiger partial charge in [-0.3, -0.25) is 14.3 Å². The molecular weight excluding hydrogens is 392 g/mol. The maximum absolute atomic E-state index is 13.1. The fourth-order valence-corrected chi connectivity index (χ4v) is 3.12. The molecule has 3 aromatic rings. The molecule has 0 aliphatic rings. The van der Waals surface area contributed by atoms with E-state index in [1.54, 1.807) is 48.4 Å². The number of aromatic nitrogens is 2. The highest BCUT2D eigenvalue weighted by Crippen LogP contribution is 2.27. The topological polar surface area (TPSA) is 76.5 Å². The number of methoxy groups -OCH3 is 1. The summed E-state index contributed by atoms with van der Waals surface area (Å²) in [5.74, 6) is -0.141. The molecule has 29 heavy (non-hydrogen) atoms. The maximum atomic E-state index is 13.1. The van der Waals surface area contributed by atoms with Gasteiger partial charge in [-0.2, -0.15) is 5.10 Å². The highest BCUT2D eigenvalue weighted by atomic mass is 35.5. The lowest BCUT2D eigenvalue weighted by Crippen LogP contribution is -2.40. The molecule has 2 amide bonds. The monoisotopic (exact) mass is 412 g/mol. The Morgan fingerprint density at radius 3 is 2.62 bits per heavy atom. The van der Waals surface area contributed by atoms with Crippen molar-refractivity contribution in [2.75, 3.05) is 26.0 Å². The summed E-state index contributed by atoms with van der Waals surface area (Å²) in [7, 11) is 3.08. The van der Waals surface area contributed by atoms with E-state index >= 15 is 0 Å². The van der Waals surface area contributed by atoms with Gasteiger partial charge < -0.3 is 15.0 Å². The SMILES string of the molecule is COc1ccc(Cl)cc1NC(=O)CN(C)C(=O)C(c1ccccc1)n1cccn1. The molecule has 150 valence electrons. The van der Waals surface area contributed by atoms with Crippen molar-refractivity contribution in [1.29, 1.82) is 0 Å². The van der Waals surface area contributed by atoms with Gasteiger partial charge in [0, 0.05) is 24.5 Å². The van der Waals surface area contributed by atoms with Crippen molar-refractivity contribution in [3.63, 3.8) is 0 Å². The molecule has 8 heteroatoms. The van der Waals surface area contributed by atoms with Crippen LogP contribution in [-0.4, -0.2) is 47.2 Å². The Morgan fingerprint density at radius 1 is 1.21 bits per heavy atom. The summed E-state index contributed by atoms with van der Waals surface area (Å²) in [6.45, 7) is -0.140. The lowest BCUT2D eigenvalue weighted by molar-refractivity contribution is -0.135. The number of likely N-dealkylation sites (N-methyl/N-ethyl adjacent to an activating group) is 1. The molecule has 0 saturated carbocycles. The van der Waals surface area contributed by atoms with Gasteiger partial charge >= 0.3 is 0 Å². The van der Waals surface area contributed by atoms with Gasteiger partial charge in [-0.15, -0.1) is 0 Å². The summed E-state index contributed by atoms with van der Waals surface area (Å²) < 4.78 is 6.81. The fourth-order valence-electron chi connectivity index (χ4n) is 2.95. The number of hydrogen-bond donors (Lipinski definition) is 1. The van der Waals surface area contributed by atoms with Gasteiger partial charge in [0.2, 0.25) is 5.91 Å². The summed E-state index contributed by atoms with van der Waals surface area (Å²) >= 11 is 6.00. The Kier molecular flexibility index (Phi) is 6.51. The summed E-state index contributed by atoms with van der Waals surface area (Å²) in [5.41, 5.74) is 1.22. The van der Waals surface area contributed by atoms with Crippen LogP contribution in [0.5, 0.6) is 5.75 Å². The zero-order chi connectivity index (χ0) is 20.8. The van der Waals surface area contributed by atoms with Gasteiger partial charge in [0.05, 0.1) is 19.3 Å². The second kappa shape index (κ2) is 9.25. The first-order valence-electron chi connectivity index (χ1n) is 8.92. The van der Waals surface area contributed by atoms with Gasteiger partial charge in [0.1, 0.15) is 5.75 Å². The standard InChI is InChI=1S/C21H21ClN4O3/c1-25(14-19(27)24-17-13-16(22)9-10-18(17)29-2)21(28)20(26-12-6-11-23-26)15-7-4-3-5-8-15/h3-13,20H,14H2,1-2H3,(H,24,27). The summed E-state index contributed by atoms with van der Waals surface area (Å²) in [4.78, 5) is 27.0. The molecule has 0 fully saturated rings. The van der Waals surface area contributed by atoms with E-state index in [4.69, 9.17) is 16.3 Å². The number of halogens is 1. The molecule has 2 aromatic carbocycles. The van der Waals surface area contributed by atoms with Gasteiger partial charge in [-0.05, 0) is 29.8 Å². The molecule has 0 saturated heterocycles. The van der Waals surface area contributed by atoms with Crippen LogP contribution >= 0.6 is 11.6 Å². The van der Waals surface area contributed by atoms with Gasteiger partial charge in [-0.25, -0.2) is 0 Å². The number of hydrogen-bond acceptors (Lipinski definition) is 4. The minimum Gasteiger partial charge on any atom is -0.495 e. The zero-order valence-electron chi connectivity index (χ0n) is 16.1. The number of amides is 2. The summed E-state index contributed by atoms with van der Waals surface area (Å²) in [6, 6.07) is 15.3. The van der Waals surface area contributed by atoms with Crippen molar-refractivity contribution in [1.82, 2.24) is 14.7 Å². The number of benzene rings is 2. The van der Waals surface area contributed by atoms with Crippen LogP contribution in [0, 0.1) is 0 Å². The van der Waals surface area contributed by atoms with E-state index < -0.39 is 6.04 Å². The Morgan fingerprint density at radius 2 is 1.97 bits per heavy atom. The predicted molar refractivity (Wildman–Crippen MR) is 111 cm³/mol. The van der Waals surface area contributed by atoms with E-state index in [0.29, 0.717) is 16.5 Å². The van der Waals surface area contributed by atoms with Crippen molar-refractivity contribution < 1.29 is 14.3 Å². The first-order valence-corrected chi connectivity index (χ1v) is 9.30. The van der Waals surface area contributed by atoms with Crippen molar-refractivity contribution in [2.45, 2.75) is 6.04 Å². The molecule has 3 rings (SSSR count). The normalized spacial score (nSPS) is 11.6. The van der Waals surface area contributed by atoms with E-state index in [0.717, 1.165) is 5.56 Å². The Hall–Kier alpha value is -3.32. The molecule has 0 aliphatic carbocycles. The van der Waals surface area contributed by atoms with Crippen LogP contribution in [-0.2, 0) is 9.59 Å². The van der Waals surface area contributed by atoms with E-state index in [-0.39, 0.29) is 18.4 Å². The fraction of sp³-hybridized carbons (Fsp3) is 0.190. The third kappa shape index (κ3) is 4.94. The van der Waals surface area contributed by atoms with Crippen LogP contribution in [0.2, 0.25) is 5.02 Å². The highest BCUT2D eigenvalue weighted by molar-refractivity contribution is 6.31. The number of anilines is 1. The van der Waals surface area contributed by atoms with E-state index in [1.807, 2.05) is 30.3 Å². The van der Waals surface area contributed by atoms with E-state index in [2.05, 4.69) is 10.4 Å². The van der Waals surface area contributed by atoms with Crippen molar-refractivity contribution in [2.24, 2.45) is 0 Å². The van der Waals surface area contributed by atoms with Gasteiger partial charge in [0.15, 0.2) is 6.04 Å². The predicted octanol–water partition coefficient (Wildman–Crippen LogP) is 3.23. The summed E-state index contributed by atoms with van der Waals surface area (Å²) in [6.07, 6.45) is 3.33. The minimum absolute atomic E-state index is 0.140. The van der Waals surface area contributed by atoms with Crippen LogP contribution in [0.25, 0.3) is 0 Å². The zero-order valence-corrected chi connectivity index (χ0v) is 16.8. The molecule has 0 bridgehead atoms. The van der Waals surface area contributed by atoms with Crippen molar-refractivity contribution in [3.8, 4) is 5.75 Å². The average Bonchev–Trinajstić information content (AvgIpc) is 3.23. The quantitative estimate of drug-likeness (QED) is 0.646. The molecule has 0 aliphatic heterocycles. The lowest BCUT2D eigenvalue weighted by Gasteiger charge is -2.24.